The van der Waals surface area contributed by atoms with Gasteiger partial charge in [0.05, 0.1) is 0 Å². The normalized spacial score (nSPS) is 16.3. The molecule has 66 valence electrons. The van der Waals surface area contributed by atoms with Crippen molar-refractivity contribution in [3.63, 3.8) is 0 Å². The fourth-order valence-electron chi connectivity index (χ4n) is 1.65. The Kier molecular flexibility index (Phi) is 1.77. The van der Waals surface area contributed by atoms with Gasteiger partial charge < -0.3 is 0 Å². The van der Waals surface area contributed by atoms with Gasteiger partial charge in [-0.25, -0.2) is 0 Å². The van der Waals surface area contributed by atoms with Crippen LogP contribution < -0.4 is 0 Å². The number of hydrogen-bond donors (Lipinski definition) is 0. The van der Waals surface area contributed by atoms with Crippen molar-refractivity contribution >= 4 is 22.7 Å². The van der Waals surface area contributed by atoms with Crippen LogP contribution in [0.2, 0.25) is 0 Å². The summed E-state index contributed by atoms with van der Waals surface area (Å²) >= 11 is 3.69. The van der Waals surface area contributed by atoms with Crippen LogP contribution in [0, 0.1) is 0 Å². The van der Waals surface area contributed by atoms with Crippen molar-refractivity contribution in [2.45, 2.75) is 18.8 Å². The van der Waals surface area contributed by atoms with Crippen molar-refractivity contribution in [2.24, 2.45) is 0 Å². The lowest BCUT2D eigenvalue weighted by Gasteiger charge is -1.97. The predicted molar refractivity (Wildman–Crippen MR) is 59.6 cm³/mol. The second-order valence-electron chi connectivity index (χ2n) is 3.49. The van der Waals surface area contributed by atoms with Gasteiger partial charge in [0.25, 0.3) is 0 Å². The van der Waals surface area contributed by atoms with Crippen molar-refractivity contribution in [1.82, 2.24) is 0 Å². The molecule has 0 aliphatic heterocycles. The van der Waals surface area contributed by atoms with Crippen molar-refractivity contribution in [1.29, 1.82) is 0 Å². The van der Waals surface area contributed by atoms with Crippen LogP contribution in [0.5, 0.6) is 0 Å². The third-order valence-electron chi connectivity index (χ3n) is 2.50. The zero-order chi connectivity index (χ0) is 8.67. The van der Waals surface area contributed by atoms with E-state index < -0.39 is 0 Å². The van der Waals surface area contributed by atoms with Crippen LogP contribution in [0.1, 0.15) is 24.3 Å². The molecule has 1 aliphatic rings. The summed E-state index contributed by atoms with van der Waals surface area (Å²) in [5, 5.41) is 6.77. The molecule has 3 rings (SSSR count). The highest BCUT2D eigenvalue weighted by Gasteiger charge is 2.26. The topological polar surface area (TPSA) is 0 Å². The minimum absolute atomic E-state index is 0.878. The summed E-state index contributed by atoms with van der Waals surface area (Å²) in [6, 6.07) is 4.35. The Morgan fingerprint density at radius 3 is 2.85 bits per heavy atom. The minimum Gasteiger partial charge on any atom is -0.151 e. The summed E-state index contributed by atoms with van der Waals surface area (Å²) in [5.74, 6) is 0.878. The second kappa shape index (κ2) is 2.96. The molecular formula is C11H10S2. The lowest BCUT2D eigenvalue weighted by atomic mass is 10.1. The van der Waals surface area contributed by atoms with E-state index in [0.717, 1.165) is 5.92 Å². The molecule has 0 bridgehead atoms. The fourth-order valence-corrected chi connectivity index (χ4v) is 3.42. The van der Waals surface area contributed by atoms with Crippen LogP contribution in [0.15, 0.2) is 28.3 Å². The molecule has 1 fully saturated rings. The van der Waals surface area contributed by atoms with Crippen LogP contribution in [0.3, 0.4) is 0 Å². The Labute approximate surface area is 85.9 Å². The smallest absolute Gasteiger partial charge is 0.0353 e. The molecule has 13 heavy (non-hydrogen) atoms. The number of thiophene rings is 2. The van der Waals surface area contributed by atoms with E-state index >= 15 is 0 Å². The van der Waals surface area contributed by atoms with Gasteiger partial charge in [0.15, 0.2) is 0 Å². The van der Waals surface area contributed by atoms with Gasteiger partial charge in [-0.2, -0.15) is 11.3 Å². The highest BCUT2D eigenvalue weighted by atomic mass is 32.1. The van der Waals surface area contributed by atoms with Gasteiger partial charge in [0, 0.05) is 10.4 Å². The molecule has 0 radical (unpaired) electrons. The van der Waals surface area contributed by atoms with E-state index in [9.17, 15) is 0 Å². The molecule has 1 aliphatic carbocycles. The third kappa shape index (κ3) is 1.34. The first-order valence-electron chi connectivity index (χ1n) is 4.55. The monoisotopic (exact) mass is 206 g/mol. The maximum absolute atomic E-state index is 2.33. The third-order valence-corrected chi connectivity index (χ3v) is 4.16. The molecule has 2 heteroatoms. The molecule has 0 N–H and O–H groups in total. The second-order valence-corrected chi connectivity index (χ2v) is 5.18. The van der Waals surface area contributed by atoms with E-state index in [1.54, 1.807) is 5.56 Å². The van der Waals surface area contributed by atoms with Gasteiger partial charge in [0.2, 0.25) is 0 Å². The Hall–Kier alpha value is -0.600. The van der Waals surface area contributed by atoms with Crippen LogP contribution in [0.25, 0.3) is 10.4 Å². The molecule has 0 saturated heterocycles. The molecule has 0 atom stereocenters. The predicted octanol–water partition coefficient (Wildman–Crippen LogP) is 4.35. The summed E-state index contributed by atoms with van der Waals surface area (Å²) in [5.41, 5.74) is 3.08. The van der Waals surface area contributed by atoms with E-state index in [-0.39, 0.29) is 0 Å². The van der Waals surface area contributed by atoms with Gasteiger partial charge in [-0.05, 0) is 46.5 Å². The molecule has 2 heterocycles. The molecule has 0 nitrogen and oxygen atoms in total. The van der Waals surface area contributed by atoms with E-state index in [4.69, 9.17) is 0 Å². The molecule has 0 amide bonds. The fraction of sp³-hybridized carbons (Fsp3) is 0.273. The van der Waals surface area contributed by atoms with Crippen molar-refractivity contribution < 1.29 is 0 Å². The highest BCUT2D eigenvalue weighted by Crippen LogP contribution is 2.46. The maximum Gasteiger partial charge on any atom is 0.0353 e. The zero-order valence-corrected chi connectivity index (χ0v) is 8.83. The van der Waals surface area contributed by atoms with Crippen molar-refractivity contribution in [3.05, 3.63) is 33.8 Å². The first-order chi connectivity index (χ1) is 6.45. The summed E-state index contributed by atoms with van der Waals surface area (Å²) in [6.45, 7) is 0. The van der Waals surface area contributed by atoms with Crippen molar-refractivity contribution in [2.75, 3.05) is 0 Å². The van der Waals surface area contributed by atoms with E-state index in [2.05, 4.69) is 28.3 Å². The van der Waals surface area contributed by atoms with Gasteiger partial charge in [-0.15, -0.1) is 11.3 Å². The Morgan fingerprint density at radius 1 is 1.23 bits per heavy atom. The number of hydrogen-bond acceptors (Lipinski definition) is 2. The van der Waals surface area contributed by atoms with Crippen molar-refractivity contribution in [3.8, 4) is 10.4 Å². The number of rotatable bonds is 2. The largest absolute Gasteiger partial charge is 0.151 e. The first kappa shape index (κ1) is 7.77. The maximum atomic E-state index is 2.33. The Bertz CT molecular complexity index is 393. The molecule has 2 aromatic heterocycles. The van der Waals surface area contributed by atoms with Gasteiger partial charge in [-0.3, -0.25) is 0 Å². The highest BCUT2D eigenvalue weighted by molar-refractivity contribution is 7.14. The molecule has 1 saturated carbocycles. The first-order valence-corrected chi connectivity index (χ1v) is 6.37. The molecule has 0 unspecified atom stereocenters. The summed E-state index contributed by atoms with van der Waals surface area (Å²) < 4.78 is 0. The standard InChI is InChI=1S/C11H10S2/c1-2-11(13-5-1)10-7-12-6-9(10)8-3-4-8/h1-2,5-8H,3-4H2. The molecular weight excluding hydrogens is 196 g/mol. The van der Waals surface area contributed by atoms with Gasteiger partial charge in [-0.1, -0.05) is 6.07 Å². The van der Waals surface area contributed by atoms with Gasteiger partial charge in [0.1, 0.15) is 0 Å². The lowest BCUT2D eigenvalue weighted by molar-refractivity contribution is 1.15. The zero-order valence-electron chi connectivity index (χ0n) is 7.19. The van der Waals surface area contributed by atoms with Crippen LogP contribution in [0.4, 0.5) is 0 Å². The van der Waals surface area contributed by atoms with Crippen LogP contribution in [-0.2, 0) is 0 Å². The quantitative estimate of drug-likeness (QED) is 0.685. The molecule has 2 aromatic rings. The SMILES string of the molecule is c1csc(-c2cscc2C2CC2)c1. The van der Waals surface area contributed by atoms with E-state index in [1.165, 1.54) is 23.3 Å². The van der Waals surface area contributed by atoms with Crippen LogP contribution >= 0.6 is 22.7 Å². The van der Waals surface area contributed by atoms with Crippen LogP contribution in [-0.4, -0.2) is 0 Å². The summed E-state index contributed by atoms with van der Waals surface area (Å²) in [7, 11) is 0. The van der Waals surface area contributed by atoms with Gasteiger partial charge >= 0.3 is 0 Å². The average molecular weight is 206 g/mol. The Balaban J connectivity index is 2.08. The lowest BCUT2D eigenvalue weighted by Crippen LogP contribution is -1.76. The summed E-state index contributed by atoms with van der Waals surface area (Å²) in [6.07, 6.45) is 2.80. The minimum atomic E-state index is 0.878. The van der Waals surface area contributed by atoms with E-state index in [0.29, 0.717) is 0 Å². The summed E-state index contributed by atoms with van der Waals surface area (Å²) in [4.78, 5) is 1.43. The molecule has 0 spiro atoms. The average Bonchev–Trinajstić information content (AvgIpc) is 2.72. The Morgan fingerprint density at radius 2 is 2.15 bits per heavy atom. The molecule has 0 aromatic carbocycles. The van der Waals surface area contributed by atoms with E-state index in [1.807, 2.05) is 22.7 Å².